The van der Waals surface area contributed by atoms with Crippen LogP contribution in [0.25, 0.3) is 0 Å². The summed E-state index contributed by atoms with van der Waals surface area (Å²) in [6.45, 7) is 0.0771. The van der Waals surface area contributed by atoms with E-state index in [0.29, 0.717) is 32.5 Å². The number of carbonyl (C=O) groups excluding carboxylic acids is 1. The van der Waals surface area contributed by atoms with E-state index in [1.807, 2.05) is 12.1 Å². The first-order valence-corrected chi connectivity index (χ1v) is 14.0. The van der Waals surface area contributed by atoms with Crippen LogP contribution in [0.1, 0.15) is 5.56 Å². The van der Waals surface area contributed by atoms with Gasteiger partial charge in [0.2, 0.25) is 5.91 Å². The predicted molar refractivity (Wildman–Crippen MR) is 141 cm³/mol. The lowest BCUT2D eigenvalue weighted by Crippen LogP contribution is -2.41. The van der Waals surface area contributed by atoms with Gasteiger partial charge in [-0.2, -0.15) is 11.8 Å². The minimum absolute atomic E-state index is 0.120. The molecule has 10 heteroatoms. The molecule has 0 saturated heterocycles. The average Bonchev–Trinajstić information content (AvgIpc) is 2.80. The summed E-state index contributed by atoms with van der Waals surface area (Å²) in [5.74, 6) is 0.998. The van der Waals surface area contributed by atoms with Crippen molar-refractivity contribution in [3.8, 4) is 0 Å². The van der Waals surface area contributed by atoms with Gasteiger partial charge in [0.25, 0.3) is 10.0 Å². The highest BCUT2D eigenvalue weighted by atomic mass is 79.9. The molecule has 0 bridgehead atoms. The molecule has 0 atom stereocenters. The first-order chi connectivity index (χ1) is 15.8. The van der Waals surface area contributed by atoms with Gasteiger partial charge in [-0.15, -0.1) is 0 Å². The number of rotatable bonds is 10. The van der Waals surface area contributed by atoms with Crippen molar-refractivity contribution in [1.82, 2.24) is 5.32 Å². The Morgan fingerprint density at radius 1 is 0.970 bits per heavy atom. The van der Waals surface area contributed by atoms with E-state index in [9.17, 15) is 13.2 Å². The molecule has 0 heterocycles. The smallest absolute Gasteiger partial charge is 0.264 e. The molecule has 1 amide bonds. The van der Waals surface area contributed by atoms with Crippen molar-refractivity contribution in [2.75, 3.05) is 23.1 Å². The van der Waals surface area contributed by atoms with Crippen molar-refractivity contribution >= 4 is 72.5 Å². The Bertz CT molecular complexity index is 1210. The molecule has 0 radical (unpaired) electrons. The van der Waals surface area contributed by atoms with Crippen LogP contribution in [0.2, 0.25) is 10.0 Å². The number of amides is 1. The molecule has 0 aliphatic heterocycles. The molecule has 0 saturated carbocycles. The van der Waals surface area contributed by atoms with E-state index in [1.165, 1.54) is 12.1 Å². The molecule has 3 rings (SSSR count). The third kappa shape index (κ3) is 7.39. The van der Waals surface area contributed by atoms with E-state index in [0.717, 1.165) is 15.6 Å². The molecule has 0 aliphatic carbocycles. The maximum atomic E-state index is 13.3. The topological polar surface area (TPSA) is 66.5 Å². The molecule has 1 N–H and O–H groups in total. The van der Waals surface area contributed by atoms with Gasteiger partial charge in [0.05, 0.1) is 20.6 Å². The number of nitrogens with one attached hydrogen (secondary N) is 1. The molecular formula is C23H21BrCl2N2O3S2. The quantitative estimate of drug-likeness (QED) is 0.295. The van der Waals surface area contributed by atoms with Crippen LogP contribution in [0, 0.1) is 0 Å². The zero-order valence-electron chi connectivity index (χ0n) is 17.4. The number of halogens is 3. The van der Waals surface area contributed by atoms with Gasteiger partial charge in [0.15, 0.2) is 0 Å². The Balaban J connectivity index is 1.61. The third-order valence-electron chi connectivity index (χ3n) is 4.54. The molecule has 174 valence electrons. The Morgan fingerprint density at radius 3 is 2.42 bits per heavy atom. The monoisotopic (exact) mass is 586 g/mol. The summed E-state index contributed by atoms with van der Waals surface area (Å²) < 4.78 is 28.4. The van der Waals surface area contributed by atoms with E-state index in [1.54, 1.807) is 60.3 Å². The van der Waals surface area contributed by atoms with Crippen molar-refractivity contribution in [1.29, 1.82) is 0 Å². The van der Waals surface area contributed by atoms with Crippen LogP contribution in [-0.4, -0.2) is 33.2 Å². The predicted octanol–water partition coefficient (Wildman–Crippen LogP) is 6.00. The van der Waals surface area contributed by atoms with E-state index >= 15 is 0 Å². The highest BCUT2D eigenvalue weighted by molar-refractivity contribution is 9.10. The molecule has 5 nitrogen and oxygen atoms in total. The lowest BCUT2D eigenvalue weighted by molar-refractivity contribution is -0.119. The third-order valence-corrected chi connectivity index (χ3v) is 8.59. The number of hydrogen-bond acceptors (Lipinski definition) is 4. The van der Waals surface area contributed by atoms with E-state index < -0.39 is 10.0 Å². The first-order valence-electron chi connectivity index (χ1n) is 9.89. The number of nitrogens with zero attached hydrogens (tertiary/aromatic N) is 1. The Labute approximate surface area is 216 Å². The lowest BCUT2D eigenvalue weighted by atomic mass is 10.2. The van der Waals surface area contributed by atoms with Gasteiger partial charge >= 0.3 is 0 Å². The minimum Gasteiger partial charge on any atom is -0.354 e. The molecule has 0 aromatic heterocycles. The fourth-order valence-electron chi connectivity index (χ4n) is 2.93. The van der Waals surface area contributed by atoms with E-state index in [2.05, 4.69) is 21.2 Å². The average molecular weight is 588 g/mol. The highest BCUT2D eigenvalue weighted by Gasteiger charge is 2.27. The first kappa shape index (κ1) is 25.9. The molecule has 0 aliphatic rings. The standard InChI is InChI=1S/C23H21BrCl2N2O3S2/c24-18-5-4-6-19(14-18)28(33(30,31)20-7-2-1-3-8-20)15-23(29)27-11-12-32-16-17-9-10-21(25)22(26)13-17/h1-10,13-14H,11-12,15-16H2,(H,27,29). The second-order valence-electron chi connectivity index (χ2n) is 6.96. The summed E-state index contributed by atoms with van der Waals surface area (Å²) in [6.07, 6.45) is 0. The van der Waals surface area contributed by atoms with E-state index in [-0.39, 0.29) is 17.3 Å². The van der Waals surface area contributed by atoms with Crippen molar-refractivity contribution in [3.05, 3.63) is 92.9 Å². The number of sulfonamides is 1. The Morgan fingerprint density at radius 2 is 1.73 bits per heavy atom. The Hall–Kier alpha value is -1.71. The minimum atomic E-state index is -3.92. The summed E-state index contributed by atoms with van der Waals surface area (Å²) in [7, 11) is -3.92. The van der Waals surface area contributed by atoms with Crippen molar-refractivity contribution in [2.45, 2.75) is 10.6 Å². The van der Waals surface area contributed by atoms with Gasteiger partial charge in [-0.05, 0) is 48.0 Å². The zero-order chi connectivity index (χ0) is 23.8. The number of hydrogen-bond donors (Lipinski definition) is 1. The summed E-state index contributed by atoms with van der Waals surface area (Å²) in [6, 6.07) is 20.4. The lowest BCUT2D eigenvalue weighted by Gasteiger charge is -2.24. The molecule has 33 heavy (non-hydrogen) atoms. The van der Waals surface area contributed by atoms with Gasteiger partial charge < -0.3 is 5.32 Å². The second-order valence-corrected chi connectivity index (χ2v) is 11.7. The Kier molecular flexibility index (Phi) is 9.52. The zero-order valence-corrected chi connectivity index (χ0v) is 22.1. The summed E-state index contributed by atoms with van der Waals surface area (Å²) >= 11 is 17.0. The number of anilines is 1. The van der Waals surface area contributed by atoms with Gasteiger partial charge in [0.1, 0.15) is 6.54 Å². The summed E-state index contributed by atoms with van der Waals surface area (Å²) in [5, 5.41) is 3.82. The van der Waals surface area contributed by atoms with Crippen LogP contribution < -0.4 is 9.62 Å². The van der Waals surface area contributed by atoms with Gasteiger partial charge in [-0.1, -0.05) is 69.5 Å². The van der Waals surface area contributed by atoms with Crippen LogP contribution in [0.3, 0.4) is 0 Å². The molecule has 3 aromatic rings. The molecule has 3 aromatic carbocycles. The van der Waals surface area contributed by atoms with Gasteiger partial charge in [0, 0.05) is 22.5 Å². The maximum Gasteiger partial charge on any atom is 0.264 e. The number of carbonyl (C=O) groups is 1. The number of benzene rings is 3. The highest BCUT2D eigenvalue weighted by Crippen LogP contribution is 2.26. The fourth-order valence-corrected chi connectivity index (χ4v) is 5.88. The van der Waals surface area contributed by atoms with Crippen molar-refractivity contribution in [2.24, 2.45) is 0 Å². The molecule has 0 unspecified atom stereocenters. The summed E-state index contributed by atoms with van der Waals surface area (Å²) in [4.78, 5) is 12.8. The normalized spacial score (nSPS) is 11.2. The van der Waals surface area contributed by atoms with Crippen LogP contribution in [0.4, 0.5) is 5.69 Å². The SMILES string of the molecule is O=C(CN(c1cccc(Br)c1)S(=O)(=O)c1ccccc1)NCCSCc1ccc(Cl)c(Cl)c1. The van der Waals surface area contributed by atoms with Gasteiger partial charge in [-0.25, -0.2) is 8.42 Å². The number of thioether (sulfide) groups is 1. The van der Waals surface area contributed by atoms with Gasteiger partial charge in [-0.3, -0.25) is 9.10 Å². The largest absolute Gasteiger partial charge is 0.354 e. The van der Waals surface area contributed by atoms with Crippen LogP contribution in [0.5, 0.6) is 0 Å². The second kappa shape index (κ2) is 12.1. The summed E-state index contributed by atoms with van der Waals surface area (Å²) in [5.41, 5.74) is 1.44. The van der Waals surface area contributed by atoms with Crippen molar-refractivity contribution in [3.63, 3.8) is 0 Å². The van der Waals surface area contributed by atoms with Crippen LogP contribution in [-0.2, 0) is 20.6 Å². The van der Waals surface area contributed by atoms with E-state index in [4.69, 9.17) is 23.2 Å². The van der Waals surface area contributed by atoms with Crippen molar-refractivity contribution < 1.29 is 13.2 Å². The molecule has 0 fully saturated rings. The molecular weight excluding hydrogens is 567 g/mol. The maximum absolute atomic E-state index is 13.3. The molecule has 0 spiro atoms. The fraction of sp³-hybridized carbons (Fsp3) is 0.174. The van der Waals surface area contributed by atoms with Crippen LogP contribution >= 0.6 is 50.9 Å². The van der Waals surface area contributed by atoms with Crippen LogP contribution in [0.15, 0.2) is 82.2 Å².